The van der Waals surface area contributed by atoms with Gasteiger partial charge in [0.1, 0.15) is 5.82 Å². The van der Waals surface area contributed by atoms with Crippen LogP contribution in [0.5, 0.6) is 0 Å². The van der Waals surface area contributed by atoms with E-state index in [1.54, 1.807) is 0 Å². The maximum atomic E-state index is 12.9. The fraction of sp³-hybridized carbons (Fsp3) is 0.571. The van der Waals surface area contributed by atoms with E-state index in [-0.39, 0.29) is 11.4 Å². The molecular weight excluding hydrogens is 217 g/mol. The van der Waals surface area contributed by atoms with Gasteiger partial charge in [-0.25, -0.2) is 4.39 Å². The van der Waals surface area contributed by atoms with E-state index >= 15 is 0 Å². The minimum Gasteiger partial charge on any atom is -0.370 e. The maximum Gasteiger partial charge on any atom is 0.123 e. The smallest absolute Gasteiger partial charge is 0.123 e. The van der Waals surface area contributed by atoms with Crippen molar-refractivity contribution >= 4 is 0 Å². The lowest BCUT2D eigenvalue weighted by atomic mass is 9.86. The molecule has 1 aromatic carbocycles. The Hall–Kier alpha value is -0.930. The molecule has 2 rings (SSSR count). The van der Waals surface area contributed by atoms with Crippen molar-refractivity contribution in [3.8, 4) is 0 Å². The Morgan fingerprint density at radius 3 is 2.76 bits per heavy atom. The zero-order chi connectivity index (χ0) is 12.3. The molecule has 1 aromatic rings. The largest absolute Gasteiger partial charge is 0.370 e. The molecule has 1 aliphatic heterocycles. The third-order valence-corrected chi connectivity index (χ3v) is 3.47. The summed E-state index contributed by atoms with van der Waals surface area (Å²) in [5.74, 6) is -0.198. The Morgan fingerprint density at radius 2 is 2.12 bits per heavy atom. The van der Waals surface area contributed by atoms with Gasteiger partial charge in [0.2, 0.25) is 0 Å². The lowest BCUT2D eigenvalue weighted by molar-refractivity contribution is -0.0810. The highest BCUT2D eigenvalue weighted by atomic mass is 19.1. The van der Waals surface area contributed by atoms with Crippen LogP contribution in [0, 0.1) is 5.82 Å². The fourth-order valence-corrected chi connectivity index (χ4v) is 2.52. The van der Waals surface area contributed by atoms with Crippen LogP contribution in [-0.2, 0) is 10.3 Å². The Kier molecular flexibility index (Phi) is 3.79. The van der Waals surface area contributed by atoms with E-state index < -0.39 is 0 Å². The molecule has 1 fully saturated rings. The monoisotopic (exact) mass is 237 g/mol. The van der Waals surface area contributed by atoms with Crippen LogP contribution < -0.4 is 5.32 Å². The van der Waals surface area contributed by atoms with E-state index in [9.17, 15) is 4.39 Å². The minimum absolute atomic E-state index is 0.198. The van der Waals surface area contributed by atoms with Crippen molar-refractivity contribution < 1.29 is 9.13 Å². The van der Waals surface area contributed by atoms with Crippen molar-refractivity contribution in [2.75, 3.05) is 13.2 Å². The highest BCUT2D eigenvalue weighted by Gasteiger charge is 2.34. The van der Waals surface area contributed by atoms with Crippen LogP contribution in [0.25, 0.3) is 0 Å². The molecular formula is C14H20FNO. The number of halogens is 1. The molecule has 2 unspecified atom stereocenters. The Bertz CT molecular complexity index is 363. The van der Waals surface area contributed by atoms with Crippen molar-refractivity contribution in [1.29, 1.82) is 0 Å². The number of hydrogen-bond acceptors (Lipinski definition) is 2. The third-order valence-electron chi connectivity index (χ3n) is 3.47. The topological polar surface area (TPSA) is 21.3 Å². The summed E-state index contributed by atoms with van der Waals surface area (Å²) >= 11 is 0. The van der Waals surface area contributed by atoms with Crippen molar-refractivity contribution in [1.82, 2.24) is 5.32 Å². The predicted molar refractivity (Wildman–Crippen MR) is 66.4 cm³/mol. The summed E-state index contributed by atoms with van der Waals surface area (Å²) in [5, 5.41) is 3.47. The van der Waals surface area contributed by atoms with Crippen molar-refractivity contribution in [3.05, 3.63) is 35.6 Å². The first kappa shape index (κ1) is 12.5. The average molecular weight is 237 g/mol. The van der Waals surface area contributed by atoms with Gasteiger partial charge >= 0.3 is 0 Å². The molecule has 1 aliphatic rings. The normalized spacial score (nSPS) is 29.2. The van der Waals surface area contributed by atoms with E-state index in [0.717, 1.165) is 31.6 Å². The summed E-state index contributed by atoms with van der Waals surface area (Å²) in [6.07, 6.45) is 1.98. The Labute approximate surface area is 102 Å². The summed E-state index contributed by atoms with van der Waals surface area (Å²) in [7, 11) is 0. The van der Waals surface area contributed by atoms with Gasteiger partial charge in [-0.05, 0) is 44.0 Å². The summed E-state index contributed by atoms with van der Waals surface area (Å²) in [4.78, 5) is 0. The zero-order valence-corrected chi connectivity index (χ0v) is 10.5. The Morgan fingerprint density at radius 1 is 1.41 bits per heavy atom. The van der Waals surface area contributed by atoms with Gasteiger partial charge in [0.05, 0.1) is 5.60 Å². The quantitative estimate of drug-likeness (QED) is 0.872. The molecule has 0 radical (unpaired) electrons. The number of benzene rings is 1. The fourth-order valence-electron chi connectivity index (χ4n) is 2.52. The molecule has 1 heterocycles. The highest BCUT2D eigenvalue weighted by molar-refractivity contribution is 5.23. The van der Waals surface area contributed by atoms with Crippen LogP contribution in [0.3, 0.4) is 0 Å². The van der Waals surface area contributed by atoms with Crippen LogP contribution >= 0.6 is 0 Å². The molecule has 3 heteroatoms. The second-order valence-corrected chi connectivity index (χ2v) is 4.83. The summed E-state index contributed by atoms with van der Waals surface area (Å²) in [6.45, 7) is 5.93. The van der Waals surface area contributed by atoms with Gasteiger partial charge in [-0.1, -0.05) is 19.1 Å². The average Bonchev–Trinajstić information content (AvgIpc) is 2.30. The molecule has 0 bridgehead atoms. The van der Waals surface area contributed by atoms with E-state index in [4.69, 9.17) is 4.74 Å². The van der Waals surface area contributed by atoms with E-state index in [0.29, 0.717) is 6.04 Å². The number of ether oxygens (including phenoxy) is 1. The van der Waals surface area contributed by atoms with Crippen molar-refractivity contribution in [2.45, 2.75) is 38.3 Å². The Balaban J connectivity index is 2.14. The summed E-state index contributed by atoms with van der Waals surface area (Å²) in [6, 6.07) is 7.14. The van der Waals surface area contributed by atoms with Crippen LogP contribution in [0.4, 0.5) is 4.39 Å². The molecule has 0 amide bonds. The van der Waals surface area contributed by atoms with Crippen LogP contribution in [-0.4, -0.2) is 19.2 Å². The van der Waals surface area contributed by atoms with Gasteiger partial charge in [-0.15, -0.1) is 0 Å². The first-order chi connectivity index (χ1) is 8.14. The van der Waals surface area contributed by atoms with Crippen molar-refractivity contribution in [2.24, 2.45) is 0 Å². The van der Waals surface area contributed by atoms with Gasteiger partial charge in [-0.2, -0.15) is 0 Å². The molecule has 1 N–H and O–H groups in total. The third kappa shape index (κ3) is 2.85. The second-order valence-electron chi connectivity index (χ2n) is 4.83. The van der Waals surface area contributed by atoms with Gasteiger partial charge in [-0.3, -0.25) is 0 Å². The summed E-state index contributed by atoms with van der Waals surface area (Å²) in [5.41, 5.74) is 0.764. The van der Waals surface area contributed by atoms with Crippen LogP contribution in [0.1, 0.15) is 32.3 Å². The first-order valence-corrected chi connectivity index (χ1v) is 6.27. The lowest BCUT2D eigenvalue weighted by Crippen LogP contribution is -2.43. The number of nitrogens with one attached hydrogen (secondary N) is 1. The number of hydrogen-bond donors (Lipinski definition) is 1. The second kappa shape index (κ2) is 5.15. The van der Waals surface area contributed by atoms with Crippen LogP contribution in [0.2, 0.25) is 0 Å². The first-order valence-electron chi connectivity index (χ1n) is 6.27. The number of rotatable bonds is 3. The molecule has 2 nitrogen and oxygen atoms in total. The maximum absolute atomic E-state index is 12.9. The van der Waals surface area contributed by atoms with E-state index in [2.05, 4.69) is 19.2 Å². The van der Waals surface area contributed by atoms with Gasteiger partial charge in [0.15, 0.2) is 0 Å². The van der Waals surface area contributed by atoms with E-state index in [1.165, 1.54) is 12.1 Å². The zero-order valence-electron chi connectivity index (χ0n) is 10.5. The SMILES string of the molecule is CCNC1CCOC(C)(c2ccc(F)cc2)C1. The molecule has 94 valence electrons. The van der Waals surface area contributed by atoms with Gasteiger partial charge < -0.3 is 10.1 Å². The molecule has 0 aliphatic carbocycles. The van der Waals surface area contributed by atoms with Gasteiger partial charge in [0, 0.05) is 12.6 Å². The minimum atomic E-state index is -0.293. The molecule has 17 heavy (non-hydrogen) atoms. The molecule has 0 aromatic heterocycles. The lowest BCUT2D eigenvalue weighted by Gasteiger charge is -2.39. The van der Waals surface area contributed by atoms with Gasteiger partial charge in [0.25, 0.3) is 0 Å². The van der Waals surface area contributed by atoms with Crippen molar-refractivity contribution in [3.63, 3.8) is 0 Å². The predicted octanol–water partition coefficient (Wildman–Crippen LogP) is 2.83. The standard InChI is InChI=1S/C14H20FNO/c1-3-16-13-8-9-17-14(2,10-13)11-4-6-12(15)7-5-11/h4-7,13,16H,3,8-10H2,1-2H3. The van der Waals surface area contributed by atoms with E-state index in [1.807, 2.05) is 12.1 Å². The highest BCUT2D eigenvalue weighted by Crippen LogP contribution is 2.34. The molecule has 0 spiro atoms. The van der Waals surface area contributed by atoms with Crippen LogP contribution in [0.15, 0.2) is 24.3 Å². The summed E-state index contributed by atoms with van der Waals surface area (Å²) < 4.78 is 18.8. The molecule has 1 saturated heterocycles. The molecule has 2 atom stereocenters. The molecule has 0 saturated carbocycles.